The van der Waals surface area contributed by atoms with Crippen molar-refractivity contribution >= 4 is 9.39 Å². The lowest BCUT2D eigenvalue weighted by Crippen LogP contribution is -2.29. The summed E-state index contributed by atoms with van der Waals surface area (Å²) in [5.74, 6) is 0. The van der Waals surface area contributed by atoms with Crippen LogP contribution in [0.5, 0.6) is 0 Å². The van der Waals surface area contributed by atoms with Crippen LogP contribution in [-0.4, -0.2) is 56.0 Å². The van der Waals surface area contributed by atoms with E-state index in [1.807, 2.05) is 0 Å². The highest BCUT2D eigenvalue weighted by molar-refractivity contribution is 7.13. The lowest BCUT2D eigenvalue weighted by atomic mass is 10.3. The van der Waals surface area contributed by atoms with Crippen LogP contribution in [-0.2, 0) is 4.74 Å². The molecule has 0 bridgehead atoms. The van der Waals surface area contributed by atoms with Crippen LogP contribution in [0.15, 0.2) is 0 Å². The lowest BCUT2D eigenvalue weighted by Gasteiger charge is -2.19. The summed E-state index contributed by atoms with van der Waals surface area (Å²) >= 11 is 0. The molecule has 4 heteroatoms. The Hall–Kier alpha value is 0.310. The molecule has 1 rings (SSSR count). The molecule has 0 N–H and O–H groups in total. The Kier molecular flexibility index (Phi) is 5.88. The predicted octanol–water partition coefficient (Wildman–Crippen LogP) is 0.821. The van der Waals surface area contributed by atoms with E-state index in [-0.39, 0.29) is 0 Å². The molecule has 78 valence electrons. The zero-order chi connectivity index (χ0) is 9.52. The van der Waals surface area contributed by atoms with E-state index in [4.69, 9.17) is 4.74 Å². The summed E-state index contributed by atoms with van der Waals surface area (Å²) in [5.41, 5.74) is 0. The second kappa shape index (κ2) is 6.72. The monoisotopic (exact) mass is 204 g/mol. The third-order valence-electron chi connectivity index (χ3n) is 2.45. The van der Waals surface area contributed by atoms with E-state index in [2.05, 4.69) is 19.0 Å². The minimum absolute atomic E-state index is 0.890. The van der Waals surface area contributed by atoms with Crippen molar-refractivity contribution in [1.29, 1.82) is 0 Å². The Labute approximate surface area is 83.7 Å². The first-order valence-electron chi connectivity index (χ1n) is 5.04. The normalized spacial score (nSPS) is 21.7. The zero-order valence-electron chi connectivity index (χ0n) is 8.54. The van der Waals surface area contributed by atoms with E-state index in [1.165, 1.54) is 39.1 Å². The number of ether oxygens (including phenoxy) is 1. The molecule has 1 fully saturated rings. The van der Waals surface area contributed by atoms with Crippen LogP contribution in [0.25, 0.3) is 0 Å². The molecule has 0 amide bonds. The van der Waals surface area contributed by atoms with Gasteiger partial charge in [0.2, 0.25) is 0 Å². The van der Waals surface area contributed by atoms with Crippen molar-refractivity contribution in [3.05, 3.63) is 0 Å². The average Bonchev–Trinajstić information content (AvgIpc) is 2.32. The third kappa shape index (κ3) is 4.92. The number of rotatable bonds is 4. The average molecular weight is 204 g/mol. The highest BCUT2D eigenvalue weighted by atomic mass is 31.0. The lowest BCUT2D eigenvalue weighted by molar-refractivity contribution is 0.173. The van der Waals surface area contributed by atoms with E-state index in [0.717, 1.165) is 13.0 Å². The maximum Gasteiger partial charge on any atom is 0.0474 e. The zero-order valence-corrected chi connectivity index (χ0v) is 9.69. The van der Waals surface area contributed by atoms with Crippen LogP contribution in [0, 0.1) is 0 Å². The van der Waals surface area contributed by atoms with Crippen LogP contribution in [0.2, 0.25) is 0 Å². The molecule has 3 nitrogen and oxygen atoms in total. The fourth-order valence-electron chi connectivity index (χ4n) is 1.65. The Balaban J connectivity index is 2.11. The molecule has 1 atom stereocenters. The number of nitrogens with zero attached hydrogens (tertiary/aromatic N) is 2. The van der Waals surface area contributed by atoms with Crippen LogP contribution >= 0.6 is 9.39 Å². The number of hydrogen-bond donors (Lipinski definition) is 0. The fourth-order valence-corrected chi connectivity index (χ4v) is 1.95. The van der Waals surface area contributed by atoms with E-state index >= 15 is 0 Å². The summed E-state index contributed by atoms with van der Waals surface area (Å²) in [4.78, 5) is 2.53. The molecule has 0 saturated carbocycles. The van der Waals surface area contributed by atoms with Crippen molar-refractivity contribution in [3.8, 4) is 0 Å². The van der Waals surface area contributed by atoms with Crippen molar-refractivity contribution < 1.29 is 4.74 Å². The van der Waals surface area contributed by atoms with Gasteiger partial charge in [-0.3, -0.25) is 4.67 Å². The second-order valence-corrected chi connectivity index (χ2v) is 4.31. The molecule has 0 aromatic carbocycles. The SMILES string of the molecule is COCCCN1CCCN(P)CC1. The quantitative estimate of drug-likeness (QED) is 0.498. The molecule has 0 aromatic heterocycles. The minimum Gasteiger partial charge on any atom is -0.385 e. The van der Waals surface area contributed by atoms with Crippen molar-refractivity contribution in [1.82, 2.24) is 9.57 Å². The fraction of sp³-hybridized carbons (Fsp3) is 1.00. The summed E-state index contributed by atoms with van der Waals surface area (Å²) in [6.45, 7) is 6.92. The maximum atomic E-state index is 5.04. The number of methoxy groups -OCH3 is 1. The van der Waals surface area contributed by atoms with Gasteiger partial charge in [-0.05, 0) is 19.4 Å². The Bertz CT molecular complexity index is 135. The molecule has 1 saturated heterocycles. The Morgan fingerprint density at radius 2 is 2.08 bits per heavy atom. The van der Waals surface area contributed by atoms with Crippen LogP contribution in [0.4, 0.5) is 0 Å². The molecular weight excluding hydrogens is 183 g/mol. The molecule has 1 aliphatic rings. The van der Waals surface area contributed by atoms with Crippen LogP contribution in [0.1, 0.15) is 12.8 Å². The molecule has 0 aliphatic carbocycles. The highest BCUT2D eigenvalue weighted by Crippen LogP contribution is 2.06. The molecule has 1 aliphatic heterocycles. The maximum absolute atomic E-state index is 5.04. The van der Waals surface area contributed by atoms with Gasteiger partial charge in [-0.2, -0.15) is 0 Å². The summed E-state index contributed by atoms with van der Waals surface area (Å²) < 4.78 is 7.37. The van der Waals surface area contributed by atoms with Gasteiger partial charge in [0.05, 0.1) is 0 Å². The molecule has 1 unspecified atom stereocenters. The van der Waals surface area contributed by atoms with Gasteiger partial charge < -0.3 is 9.64 Å². The van der Waals surface area contributed by atoms with Gasteiger partial charge in [0.1, 0.15) is 0 Å². The van der Waals surface area contributed by atoms with E-state index in [0.29, 0.717) is 0 Å². The van der Waals surface area contributed by atoms with Gasteiger partial charge >= 0.3 is 0 Å². The van der Waals surface area contributed by atoms with Crippen LogP contribution < -0.4 is 0 Å². The van der Waals surface area contributed by atoms with Crippen molar-refractivity contribution in [2.75, 3.05) is 46.4 Å². The minimum atomic E-state index is 0.890. The topological polar surface area (TPSA) is 15.7 Å². The van der Waals surface area contributed by atoms with Crippen molar-refractivity contribution in [2.45, 2.75) is 12.8 Å². The standard InChI is InChI=1S/C9H21N2OP/c1-12-9-3-5-10-4-2-6-11(13)8-7-10/h2-9,13H2,1H3. The summed E-state index contributed by atoms with van der Waals surface area (Å²) in [7, 11) is 4.57. The molecule has 0 spiro atoms. The largest absolute Gasteiger partial charge is 0.385 e. The molecule has 13 heavy (non-hydrogen) atoms. The van der Waals surface area contributed by atoms with Gasteiger partial charge in [-0.25, -0.2) is 0 Å². The Morgan fingerprint density at radius 1 is 1.23 bits per heavy atom. The Morgan fingerprint density at radius 3 is 2.85 bits per heavy atom. The predicted molar refractivity (Wildman–Crippen MR) is 58.8 cm³/mol. The van der Waals surface area contributed by atoms with Crippen molar-refractivity contribution in [2.24, 2.45) is 0 Å². The first kappa shape index (κ1) is 11.4. The molecule has 1 heterocycles. The first-order valence-corrected chi connectivity index (χ1v) is 5.55. The highest BCUT2D eigenvalue weighted by Gasteiger charge is 2.10. The van der Waals surface area contributed by atoms with Crippen LogP contribution in [0.3, 0.4) is 0 Å². The summed E-state index contributed by atoms with van der Waals surface area (Å²) in [6.07, 6.45) is 2.45. The van der Waals surface area contributed by atoms with Crippen molar-refractivity contribution in [3.63, 3.8) is 0 Å². The smallest absolute Gasteiger partial charge is 0.0474 e. The molecule has 0 aromatic rings. The third-order valence-corrected chi connectivity index (χ3v) is 2.96. The van der Waals surface area contributed by atoms with Gasteiger partial charge in [0.25, 0.3) is 0 Å². The van der Waals surface area contributed by atoms with Gasteiger partial charge in [0, 0.05) is 39.9 Å². The van der Waals surface area contributed by atoms with E-state index in [9.17, 15) is 0 Å². The second-order valence-electron chi connectivity index (χ2n) is 3.58. The van der Waals surface area contributed by atoms with E-state index in [1.54, 1.807) is 7.11 Å². The van der Waals surface area contributed by atoms with Gasteiger partial charge in [-0.1, -0.05) is 9.39 Å². The number of hydrogen-bond acceptors (Lipinski definition) is 3. The van der Waals surface area contributed by atoms with Gasteiger partial charge in [0.15, 0.2) is 0 Å². The van der Waals surface area contributed by atoms with E-state index < -0.39 is 0 Å². The molecule has 0 radical (unpaired) electrons. The molecular formula is C9H21N2OP. The summed E-state index contributed by atoms with van der Waals surface area (Å²) in [5, 5.41) is 0. The summed E-state index contributed by atoms with van der Waals surface area (Å²) in [6, 6.07) is 0. The first-order chi connectivity index (χ1) is 6.33. The van der Waals surface area contributed by atoms with Gasteiger partial charge in [-0.15, -0.1) is 0 Å².